The van der Waals surface area contributed by atoms with Gasteiger partial charge in [-0.3, -0.25) is 4.52 Å². The van der Waals surface area contributed by atoms with Crippen molar-refractivity contribution >= 4 is 7.82 Å². The van der Waals surface area contributed by atoms with E-state index in [2.05, 4.69) is 35.7 Å². The summed E-state index contributed by atoms with van der Waals surface area (Å²) in [5.74, 6) is 0. The number of phosphoric acid groups is 1. The van der Waals surface area contributed by atoms with E-state index in [9.17, 15) is 4.57 Å². The van der Waals surface area contributed by atoms with E-state index in [0.717, 1.165) is 12.8 Å². The zero-order chi connectivity index (χ0) is 18.8. The molecule has 0 amide bonds. The highest BCUT2D eigenvalue weighted by Crippen LogP contribution is 2.36. The number of nitrogens with two attached hydrogens (primary N) is 1. The second-order valence-electron chi connectivity index (χ2n) is 7.25. The van der Waals surface area contributed by atoms with E-state index in [1.807, 2.05) is 0 Å². The number of unbranched alkanes of at least 4 members (excludes halogenated alkanes) is 5. The number of hydrogen-bond donors (Lipinski definition) is 3. The summed E-state index contributed by atoms with van der Waals surface area (Å²) in [7, 11) is -4.46. The molecule has 0 spiro atoms. The quantitative estimate of drug-likeness (QED) is 0.354. The van der Waals surface area contributed by atoms with E-state index < -0.39 is 13.4 Å². The van der Waals surface area contributed by atoms with Crippen molar-refractivity contribution in [1.29, 1.82) is 0 Å². The second kappa shape index (κ2) is 11.1. The van der Waals surface area contributed by atoms with Crippen LogP contribution in [0, 0.1) is 0 Å². The van der Waals surface area contributed by atoms with Crippen LogP contribution in [0.1, 0.15) is 69.9 Å². The molecular weight excluding hydrogens is 337 g/mol. The predicted molar refractivity (Wildman–Crippen MR) is 102 cm³/mol. The number of hydrogen-bond acceptors (Lipinski definition) is 3. The number of phosphoric ester groups is 1. The summed E-state index contributed by atoms with van der Waals surface area (Å²) in [5.41, 5.74) is 7.82. The van der Waals surface area contributed by atoms with Crippen LogP contribution < -0.4 is 5.73 Å². The first-order chi connectivity index (χ1) is 11.7. The largest absolute Gasteiger partial charge is 0.469 e. The van der Waals surface area contributed by atoms with Crippen LogP contribution in [0.5, 0.6) is 0 Å². The van der Waals surface area contributed by atoms with E-state index in [4.69, 9.17) is 15.5 Å². The Bertz CT molecular complexity index is 525. The first-order valence-electron chi connectivity index (χ1n) is 9.29. The summed E-state index contributed by atoms with van der Waals surface area (Å²) >= 11 is 0. The van der Waals surface area contributed by atoms with Crippen LogP contribution in [0.15, 0.2) is 24.3 Å². The van der Waals surface area contributed by atoms with Crippen molar-refractivity contribution in [2.24, 2.45) is 5.73 Å². The standard InChI is InChI=1S/C19H34NO4P/c1-3-4-5-6-7-8-9-17-10-12-18(13-11-17)14-15-19(2,20)16-24-25(21,22)23/h10-13H,3-9,14-16,20H2,1-2H3,(H2,21,22,23)/t19-/m1/s1. The van der Waals surface area contributed by atoms with Gasteiger partial charge in [-0.05, 0) is 43.7 Å². The molecule has 0 heterocycles. The lowest BCUT2D eigenvalue weighted by Gasteiger charge is -2.24. The minimum Gasteiger partial charge on any atom is -0.323 e. The van der Waals surface area contributed by atoms with Crippen LogP contribution in [-0.2, 0) is 21.9 Å². The normalized spacial score (nSPS) is 14.4. The lowest BCUT2D eigenvalue weighted by atomic mass is 9.94. The molecule has 0 aromatic heterocycles. The third-order valence-electron chi connectivity index (χ3n) is 4.39. The molecule has 0 unspecified atom stereocenters. The van der Waals surface area contributed by atoms with Gasteiger partial charge in [-0.1, -0.05) is 63.3 Å². The Labute approximate surface area is 152 Å². The Morgan fingerprint density at radius 3 is 2.08 bits per heavy atom. The molecule has 144 valence electrons. The highest BCUT2D eigenvalue weighted by Gasteiger charge is 2.24. The first-order valence-corrected chi connectivity index (χ1v) is 10.8. The lowest BCUT2D eigenvalue weighted by molar-refractivity contribution is 0.154. The maximum absolute atomic E-state index is 10.8. The van der Waals surface area contributed by atoms with Gasteiger partial charge in [0.05, 0.1) is 6.61 Å². The van der Waals surface area contributed by atoms with Gasteiger partial charge in [-0.15, -0.1) is 0 Å². The summed E-state index contributed by atoms with van der Waals surface area (Å²) in [6, 6.07) is 8.57. The fraction of sp³-hybridized carbons (Fsp3) is 0.684. The number of rotatable bonds is 13. The molecular formula is C19H34NO4P. The van der Waals surface area contributed by atoms with Crippen molar-refractivity contribution in [1.82, 2.24) is 0 Å². The van der Waals surface area contributed by atoms with Crippen molar-refractivity contribution < 1.29 is 18.9 Å². The Balaban J connectivity index is 2.30. The second-order valence-corrected chi connectivity index (χ2v) is 8.49. The molecule has 25 heavy (non-hydrogen) atoms. The van der Waals surface area contributed by atoms with Gasteiger partial charge in [-0.2, -0.15) is 0 Å². The van der Waals surface area contributed by atoms with E-state index in [-0.39, 0.29) is 6.61 Å². The molecule has 0 aliphatic rings. The van der Waals surface area contributed by atoms with Gasteiger partial charge in [-0.25, -0.2) is 4.57 Å². The number of aryl methyl sites for hydroxylation is 2. The molecule has 0 radical (unpaired) electrons. The molecule has 0 saturated carbocycles. The zero-order valence-corrected chi connectivity index (χ0v) is 16.5. The minimum absolute atomic E-state index is 0.159. The van der Waals surface area contributed by atoms with Crippen molar-refractivity contribution in [2.75, 3.05) is 6.61 Å². The summed E-state index contributed by atoms with van der Waals surface area (Å²) < 4.78 is 15.3. The first kappa shape index (κ1) is 22.3. The van der Waals surface area contributed by atoms with Crippen LogP contribution in [0.25, 0.3) is 0 Å². The molecule has 0 fully saturated rings. The summed E-state index contributed by atoms with van der Waals surface area (Å²) in [4.78, 5) is 17.5. The molecule has 0 aliphatic carbocycles. The van der Waals surface area contributed by atoms with Gasteiger partial charge in [0.1, 0.15) is 0 Å². The third kappa shape index (κ3) is 11.5. The topological polar surface area (TPSA) is 92.8 Å². The molecule has 6 heteroatoms. The Morgan fingerprint density at radius 1 is 1.00 bits per heavy atom. The monoisotopic (exact) mass is 371 g/mol. The van der Waals surface area contributed by atoms with Gasteiger partial charge < -0.3 is 15.5 Å². The smallest absolute Gasteiger partial charge is 0.323 e. The fourth-order valence-corrected chi connectivity index (χ4v) is 3.18. The van der Waals surface area contributed by atoms with Crippen molar-refractivity contribution in [2.45, 2.75) is 77.2 Å². The molecule has 4 N–H and O–H groups in total. The fourth-order valence-electron chi connectivity index (χ4n) is 2.72. The van der Waals surface area contributed by atoms with E-state index in [1.54, 1.807) is 6.92 Å². The maximum atomic E-state index is 10.8. The van der Waals surface area contributed by atoms with Crippen molar-refractivity contribution in [3.05, 3.63) is 35.4 Å². The van der Waals surface area contributed by atoms with Crippen LogP contribution >= 0.6 is 7.82 Å². The Morgan fingerprint density at radius 2 is 1.52 bits per heavy atom. The summed E-state index contributed by atoms with van der Waals surface area (Å²) in [6.45, 7) is 3.82. The maximum Gasteiger partial charge on any atom is 0.469 e. The zero-order valence-electron chi connectivity index (χ0n) is 15.6. The van der Waals surface area contributed by atoms with Crippen LogP contribution in [0.4, 0.5) is 0 Å². The molecule has 1 rings (SSSR count). The molecule has 0 aliphatic heterocycles. The molecule has 0 bridgehead atoms. The van der Waals surface area contributed by atoms with Crippen molar-refractivity contribution in [3.8, 4) is 0 Å². The highest BCUT2D eigenvalue weighted by molar-refractivity contribution is 7.46. The van der Waals surface area contributed by atoms with Gasteiger partial charge in [0.15, 0.2) is 0 Å². The molecule has 1 aromatic rings. The third-order valence-corrected chi connectivity index (χ3v) is 4.85. The van der Waals surface area contributed by atoms with Crippen LogP contribution in [0.3, 0.4) is 0 Å². The van der Waals surface area contributed by atoms with Gasteiger partial charge in [0.25, 0.3) is 0 Å². The highest BCUT2D eigenvalue weighted by atomic mass is 31.2. The van der Waals surface area contributed by atoms with E-state index >= 15 is 0 Å². The van der Waals surface area contributed by atoms with Crippen LogP contribution in [-0.4, -0.2) is 21.9 Å². The van der Waals surface area contributed by atoms with E-state index in [1.165, 1.54) is 49.7 Å². The summed E-state index contributed by atoms with van der Waals surface area (Å²) in [6.07, 6.45) is 10.3. The van der Waals surface area contributed by atoms with E-state index in [0.29, 0.717) is 6.42 Å². The molecule has 1 aromatic carbocycles. The van der Waals surface area contributed by atoms with Gasteiger partial charge in [0, 0.05) is 5.54 Å². The minimum atomic E-state index is -4.46. The SMILES string of the molecule is CCCCCCCCc1ccc(CC[C@@](C)(N)COP(=O)(O)O)cc1. The Hall–Kier alpha value is -0.710. The van der Waals surface area contributed by atoms with Crippen molar-refractivity contribution in [3.63, 3.8) is 0 Å². The molecule has 0 saturated heterocycles. The summed E-state index contributed by atoms with van der Waals surface area (Å²) in [5, 5.41) is 0. The van der Waals surface area contributed by atoms with Crippen LogP contribution in [0.2, 0.25) is 0 Å². The van der Waals surface area contributed by atoms with Gasteiger partial charge in [0.2, 0.25) is 0 Å². The Kier molecular flexibility index (Phi) is 9.91. The molecule has 5 nitrogen and oxygen atoms in total. The lowest BCUT2D eigenvalue weighted by Crippen LogP contribution is -2.41. The average molecular weight is 371 g/mol. The van der Waals surface area contributed by atoms with Gasteiger partial charge >= 0.3 is 7.82 Å². The number of benzene rings is 1. The molecule has 1 atom stereocenters. The average Bonchev–Trinajstić information content (AvgIpc) is 2.55. The predicted octanol–water partition coefficient (Wildman–Crippen LogP) is 4.35.